The van der Waals surface area contributed by atoms with Gasteiger partial charge < -0.3 is 33.5 Å². The standard InChI is InChI=1S/C33H48O8/c1-36-31(35)16-8-3-2-7-15-27-28(30(23-29(27)34)41-33-18-10-12-22-38-33)20-19-26(40-32-17-9-11-21-37-32)24-39-25-13-5-4-6-14-25/h2-6,8,13-14,16,26-30,32-34H,7,9-12,15,17-24H2,1H3/b3-2-,16-8?/t26-,27-,28-,29-,30-,32?,33?/m1/s1. The van der Waals surface area contributed by atoms with Crippen LogP contribution >= 0.6 is 0 Å². The molecule has 1 saturated carbocycles. The van der Waals surface area contributed by atoms with Gasteiger partial charge in [-0.25, -0.2) is 4.79 Å². The van der Waals surface area contributed by atoms with Crippen LogP contribution in [-0.4, -0.2) is 68.9 Å². The quantitative estimate of drug-likeness (QED) is 0.162. The largest absolute Gasteiger partial charge is 0.491 e. The minimum atomic E-state index is -0.436. The maximum absolute atomic E-state index is 11.3. The van der Waals surface area contributed by atoms with Crippen molar-refractivity contribution in [3.05, 3.63) is 54.6 Å². The van der Waals surface area contributed by atoms with Crippen LogP contribution in [0.4, 0.5) is 0 Å². The number of rotatable bonds is 15. The maximum atomic E-state index is 11.3. The first kappa shape index (κ1) is 31.7. The van der Waals surface area contributed by atoms with Crippen molar-refractivity contribution in [3.8, 4) is 5.75 Å². The molecular formula is C33H48O8. The molecule has 1 aromatic rings. The summed E-state index contributed by atoms with van der Waals surface area (Å²) in [6, 6.07) is 9.83. The highest BCUT2D eigenvalue weighted by atomic mass is 16.7. The second kappa shape index (κ2) is 17.7. The Morgan fingerprint density at radius 3 is 2.46 bits per heavy atom. The van der Waals surface area contributed by atoms with Gasteiger partial charge in [-0.1, -0.05) is 36.4 Å². The Morgan fingerprint density at radius 1 is 1.00 bits per heavy atom. The molecule has 7 atom stereocenters. The van der Waals surface area contributed by atoms with Crippen LogP contribution in [0.5, 0.6) is 5.75 Å². The highest BCUT2D eigenvalue weighted by molar-refractivity contribution is 5.82. The molecule has 0 aromatic heterocycles. The Labute approximate surface area is 245 Å². The zero-order valence-electron chi connectivity index (χ0n) is 24.4. The van der Waals surface area contributed by atoms with E-state index in [1.54, 1.807) is 6.08 Å². The fraction of sp³-hybridized carbons (Fsp3) is 0.667. The predicted octanol–water partition coefficient (Wildman–Crippen LogP) is 5.73. The molecule has 3 aliphatic rings. The fourth-order valence-corrected chi connectivity index (χ4v) is 6.10. The molecule has 41 heavy (non-hydrogen) atoms. The van der Waals surface area contributed by atoms with Crippen LogP contribution in [0.1, 0.15) is 70.6 Å². The van der Waals surface area contributed by atoms with Crippen molar-refractivity contribution in [2.45, 2.75) is 102 Å². The van der Waals surface area contributed by atoms with E-state index in [9.17, 15) is 9.90 Å². The van der Waals surface area contributed by atoms with Gasteiger partial charge in [0.15, 0.2) is 12.6 Å². The molecule has 3 fully saturated rings. The summed E-state index contributed by atoms with van der Waals surface area (Å²) < 4.78 is 35.5. The molecule has 2 heterocycles. The van der Waals surface area contributed by atoms with Crippen LogP contribution in [0, 0.1) is 11.8 Å². The number of benzene rings is 1. The molecular weight excluding hydrogens is 524 g/mol. The predicted molar refractivity (Wildman–Crippen MR) is 155 cm³/mol. The number of carbonyl (C=O) groups excluding carboxylic acids is 1. The lowest BCUT2D eigenvalue weighted by atomic mass is 9.85. The van der Waals surface area contributed by atoms with Gasteiger partial charge >= 0.3 is 5.97 Å². The smallest absolute Gasteiger partial charge is 0.330 e. The van der Waals surface area contributed by atoms with Gasteiger partial charge in [-0.05, 0) is 88.2 Å². The summed E-state index contributed by atoms with van der Waals surface area (Å²) in [6.07, 6.45) is 15.9. The molecule has 1 aromatic carbocycles. The Hall–Kier alpha value is -2.23. The molecule has 2 saturated heterocycles. The van der Waals surface area contributed by atoms with Gasteiger partial charge in [0.25, 0.3) is 0 Å². The monoisotopic (exact) mass is 572 g/mol. The van der Waals surface area contributed by atoms with Crippen LogP contribution in [0.25, 0.3) is 0 Å². The molecule has 1 aliphatic carbocycles. The maximum Gasteiger partial charge on any atom is 0.330 e. The number of aliphatic hydroxyl groups excluding tert-OH is 1. The van der Waals surface area contributed by atoms with E-state index < -0.39 is 6.10 Å². The highest BCUT2D eigenvalue weighted by Gasteiger charge is 2.44. The number of aliphatic hydroxyl groups is 1. The van der Waals surface area contributed by atoms with Gasteiger partial charge in [-0.15, -0.1) is 0 Å². The molecule has 4 rings (SSSR count). The summed E-state index contributed by atoms with van der Waals surface area (Å²) in [6.45, 7) is 1.90. The van der Waals surface area contributed by atoms with E-state index in [-0.39, 0.29) is 42.6 Å². The zero-order chi connectivity index (χ0) is 28.7. The molecule has 0 radical (unpaired) electrons. The minimum absolute atomic E-state index is 0.0667. The Morgan fingerprint density at radius 2 is 1.76 bits per heavy atom. The SMILES string of the molecule is COC(=O)C=C/C=C\CC[C@@H]1[C@@H](CC[C@H](COc2ccccc2)OC2CCCCO2)[C@H](OC2CCCCO2)C[C@H]1O. The number of carbonyl (C=O) groups is 1. The van der Waals surface area contributed by atoms with Crippen LogP contribution in [0.2, 0.25) is 0 Å². The summed E-state index contributed by atoms with van der Waals surface area (Å²) in [5.74, 6) is 0.713. The van der Waals surface area contributed by atoms with Crippen molar-refractivity contribution >= 4 is 5.97 Å². The van der Waals surface area contributed by atoms with Crippen molar-refractivity contribution in [1.29, 1.82) is 0 Å². The van der Waals surface area contributed by atoms with E-state index in [0.29, 0.717) is 13.0 Å². The third kappa shape index (κ3) is 10.8. The first-order chi connectivity index (χ1) is 20.1. The number of hydrogen-bond donors (Lipinski definition) is 1. The Balaban J connectivity index is 1.39. The first-order valence-corrected chi connectivity index (χ1v) is 15.4. The van der Waals surface area contributed by atoms with Crippen LogP contribution in [0.3, 0.4) is 0 Å². The van der Waals surface area contributed by atoms with Crippen molar-refractivity contribution in [2.75, 3.05) is 26.9 Å². The summed E-state index contributed by atoms with van der Waals surface area (Å²) in [5, 5.41) is 11.1. The number of hydrogen-bond acceptors (Lipinski definition) is 8. The fourth-order valence-electron chi connectivity index (χ4n) is 6.10. The number of para-hydroxylation sites is 1. The number of esters is 1. The lowest BCUT2D eigenvalue weighted by Crippen LogP contribution is -2.34. The van der Waals surface area contributed by atoms with Crippen molar-refractivity contribution in [1.82, 2.24) is 0 Å². The Bertz CT molecular complexity index is 922. The first-order valence-electron chi connectivity index (χ1n) is 15.4. The van der Waals surface area contributed by atoms with Crippen molar-refractivity contribution in [3.63, 3.8) is 0 Å². The van der Waals surface area contributed by atoms with Crippen LogP contribution in [0.15, 0.2) is 54.6 Å². The molecule has 2 unspecified atom stereocenters. The molecule has 0 bridgehead atoms. The van der Waals surface area contributed by atoms with E-state index in [1.807, 2.05) is 42.5 Å². The summed E-state index contributed by atoms with van der Waals surface area (Å²) in [5.41, 5.74) is 0. The van der Waals surface area contributed by atoms with E-state index in [1.165, 1.54) is 13.2 Å². The summed E-state index contributed by atoms with van der Waals surface area (Å²) in [7, 11) is 1.36. The van der Waals surface area contributed by atoms with Gasteiger partial charge in [0, 0.05) is 25.7 Å². The average Bonchev–Trinajstić information content (AvgIpc) is 3.30. The van der Waals surface area contributed by atoms with Crippen LogP contribution < -0.4 is 4.74 Å². The van der Waals surface area contributed by atoms with E-state index in [4.69, 9.17) is 23.7 Å². The van der Waals surface area contributed by atoms with Crippen molar-refractivity contribution < 1.29 is 38.3 Å². The number of allylic oxidation sites excluding steroid dienone is 3. The van der Waals surface area contributed by atoms with E-state index >= 15 is 0 Å². The molecule has 8 nitrogen and oxygen atoms in total. The average molecular weight is 573 g/mol. The van der Waals surface area contributed by atoms with Gasteiger partial charge in [0.2, 0.25) is 0 Å². The normalized spacial score (nSPS) is 29.6. The topological polar surface area (TPSA) is 92.7 Å². The lowest BCUT2D eigenvalue weighted by Gasteiger charge is -2.32. The Kier molecular flexibility index (Phi) is 13.7. The third-order valence-corrected chi connectivity index (χ3v) is 8.29. The number of ether oxygens (including phenoxy) is 6. The highest BCUT2D eigenvalue weighted by Crippen LogP contribution is 2.42. The van der Waals surface area contributed by atoms with Crippen LogP contribution in [-0.2, 0) is 28.5 Å². The zero-order valence-corrected chi connectivity index (χ0v) is 24.4. The summed E-state index contributed by atoms with van der Waals surface area (Å²) >= 11 is 0. The second-order valence-corrected chi connectivity index (χ2v) is 11.2. The van der Waals surface area contributed by atoms with Crippen molar-refractivity contribution in [2.24, 2.45) is 11.8 Å². The van der Waals surface area contributed by atoms with Gasteiger partial charge in [-0.2, -0.15) is 0 Å². The molecule has 8 heteroatoms. The van der Waals surface area contributed by atoms with E-state index in [2.05, 4.69) is 4.74 Å². The van der Waals surface area contributed by atoms with Gasteiger partial charge in [-0.3, -0.25) is 0 Å². The summed E-state index contributed by atoms with van der Waals surface area (Å²) in [4.78, 5) is 11.3. The molecule has 228 valence electrons. The molecule has 0 amide bonds. The molecule has 0 spiro atoms. The number of methoxy groups -OCH3 is 1. The third-order valence-electron chi connectivity index (χ3n) is 8.29. The molecule has 1 N–H and O–H groups in total. The van der Waals surface area contributed by atoms with Gasteiger partial charge in [0.1, 0.15) is 12.4 Å². The van der Waals surface area contributed by atoms with E-state index in [0.717, 1.165) is 83.2 Å². The lowest BCUT2D eigenvalue weighted by molar-refractivity contribution is -0.202. The van der Waals surface area contributed by atoms with Gasteiger partial charge in [0.05, 0.1) is 25.4 Å². The molecule has 2 aliphatic heterocycles. The minimum Gasteiger partial charge on any atom is -0.491 e. The second-order valence-electron chi connectivity index (χ2n) is 11.2.